The Kier molecular flexibility index (Phi) is 3.51. The Bertz CT molecular complexity index is 876. The predicted octanol–water partition coefficient (Wildman–Crippen LogP) is 3.68. The average Bonchev–Trinajstić information content (AvgIpc) is 2.80. The summed E-state index contributed by atoms with van der Waals surface area (Å²) in [7, 11) is 1.56. The highest BCUT2D eigenvalue weighted by molar-refractivity contribution is 5.98. The molecule has 0 aliphatic carbocycles. The smallest absolute Gasteiger partial charge is 0.212 e. The van der Waals surface area contributed by atoms with Gasteiger partial charge in [-0.1, -0.05) is 0 Å². The number of aromatic nitrogens is 2. The van der Waals surface area contributed by atoms with Crippen LogP contribution in [0.25, 0.3) is 22.0 Å². The third-order valence-corrected chi connectivity index (χ3v) is 3.75. The number of nitrogens with zero attached hydrogens (tertiary/aromatic N) is 3. The van der Waals surface area contributed by atoms with Gasteiger partial charge in [-0.3, -0.25) is 0 Å². The van der Waals surface area contributed by atoms with Crippen LogP contribution in [-0.4, -0.2) is 16.7 Å². The minimum absolute atomic E-state index is 0.220. The first-order valence-corrected chi connectivity index (χ1v) is 6.81. The Morgan fingerprint density at radius 2 is 2.14 bits per heavy atom. The number of methoxy groups -OCH3 is 1. The Hall–Kier alpha value is -2.87. The van der Waals surface area contributed by atoms with Gasteiger partial charge in [0.25, 0.3) is 0 Å². The van der Waals surface area contributed by atoms with E-state index in [1.807, 2.05) is 17.6 Å². The molecule has 3 rings (SSSR count). The summed E-state index contributed by atoms with van der Waals surface area (Å²) in [5, 5.41) is 9.81. The second-order valence-electron chi connectivity index (χ2n) is 4.96. The van der Waals surface area contributed by atoms with Gasteiger partial charge in [0.2, 0.25) is 5.88 Å². The second kappa shape index (κ2) is 5.49. The zero-order valence-corrected chi connectivity index (χ0v) is 12.3. The highest BCUT2D eigenvalue weighted by Gasteiger charge is 2.16. The number of fused-ring (bicyclic) bond motifs is 1. The molecular formula is C17H14FN3O. The second-order valence-corrected chi connectivity index (χ2v) is 4.96. The summed E-state index contributed by atoms with van der Waals surface area (Å²) in [5.41, 5.74) is 3.51. The molecule has 2 heterocycles. The van der Waals surface area contributed by atoms with E-state index in [1.54, 1.807) is 25.4 Å². The fourth-order valence-corrected chi connectivity index (χ4v) is 2.74. The zero-order chi connectivity index (χ0) is 15.7. The normalized spacial score (nSPS) is 10.6. The first-order chi connectivity index (χ1) is 10.7. The van der Waals surface area contributed by atoms with E-state index in [2.05, 4.69) is 11.1 Å². The van der Waals surface area contributed by atoms with Crippen molar-refractivity contribution in [1.29, 1.82) is 5.26 Å². The van der Waals surface area contributed by atoms with Gasteiger partial charge >= 0.3 is 0 Å². The summed E-state index contributed by atoms with van der Waals surface area (Å²) in [4.78, 5) is 4.21. The maximum Gasteiger partial charge on any atom is 0.212 e. The Labute approximate surface area is 127 Å². The van der Waals surface area contributed by atoms with Gasteiger partial charge in [-0.15, -0.1) is 0 Å². The monoisotopic (exact) mass is 295 g/mol. The third-order valence-electron chi connectivity index (χ3n) is 3.75. The summed E-state index contributed by atoms with van der Waals surface area (Å²) >= 11 is 0. The Balaban J connectivity index is 2.29. The molecule has 0 atom stereocenters. The molecule has 2 aromatic heterocycles. The number of halogens is 1. The highest BCUT2D eigenvalue weighted by atomic mass is 19.1. The molecule has 0 radical (unpaired) electrons. The molecule has 0 saturated heterocycles. The molecule has 0 saturated carbocycles. The minimum Gasteiger partial charge on any atom is -0.481 e. The molecule has 0 spiro atoms. The van der Waals surface area contributed by atoms with Gasteiger partial charge in [-0.2, -0.15) is 5.26 Å². The number of nitriles is 1. The van der Waals surface area contributed by atoms with Crippen molar-refractivity contribution in [2.24, 2.45) is 0 Å². The van der Waals surface area contributed by atoms with Crippen LogP contribution in [0.5, 0.6) is 5.88 Å². The topological polar surface area (TPSA) is 50.8 Å². The number of hydrogen-bond acceptors (Lipinski definition) is 3. The van der Waals surface area contributed by atoms with E-state index < -0.39 is 0 Å². The highest BCUT2D eigenvalue weighted by Crippen LogP contribution is 2.35. The quantitative estimate of drug-likeness (QED) is 0.740. The lowest BCUT2D eigenvalue weighted by atomic mass is 10.0. The van der Waals surface area contributed by atoms with Crippen molar-refractivity contribution in [3.8, 4) is 23.1 Å². The van der Waals surface area contributed by atoms with Crippen LogP contribution in [0.4, 0.5) is 4.39 Å². The van der Waals surface area contributed by atoms with Crippen LogP contribution in [0.1, 0.15) is 5.69 Å². The lowest BCUT2D eigenvalue weighted by Gasteiger charge is -2.05. The van der Waals surface area contributed by atoms with Crippen LogP contribution in [0.3, 0.4) is 0 Å². The van der Waals surface area contributed by atoms with Crippen molar-refractivity contribution in [2.75, 3.05) is 7.11 Å². The minimum atomic E-state index is -0.302. The zero-order valence-electron chi connectivity index (χ0n) is 12.3. The van der Waals surface area contributed by atoms with Gasteiger partial charge in [0, 0.05) is 40.0 Å². The van der Waals surface area contributed by atoms with Crippen molar-refractivity contribution in [3.05, 3.63) is 48.0 Å². The van der Waals surface area contributed by atoms with Crippen LogP contribution in [-0.2, 0) is 6.54 Å². The SMILES string of the molecule is COc1ccc(-c2c(C)n(CC#N)c3ccc(F)cc23)cn1. The van der Waals surface area contributed by atoms with Crippen LogP contribution in [0, 0.1) is 24.1 Å². The van der Waals surface area contributed by atoms with E-state index in [0.717, 1.165) is 27.7 Å². The Morgan fingerprint density at radius 1 is 1.32 bits per heavy atom. The van der Waals surface area contributed by atoms with Crippen molar-refractivity contribution < 1.29 is 9.13 Å². The number of benzene rings is 1. The molecule has 3 aromatic rings. The van der Waals surface area contributed by atoms with E-state index in [-0.39, 0.29) is 12.4 Å². The number of rotatable bonds is 3. The lowest BCUT2D eigenvalue weighted by Crippen LogP contribution is -1.98. The van der Waals surface area contributed by atoms with Gasteiger partial charge in [0.1, 0.15) is 12.4 Å². The van der Waals surface area contributed by atoms with E-state index in [4.69, 9.17) is 10.00 Å². The summed E-state index contributed by atoms with van der Waals surface area (Å²) in [6, 6.07) is 10.4. The molecule has 0 aliphatic heterocycles. The molecule has 4 nitrogen and oxygen atoms in total. The van der Waals surface area contributed by atoms with E-state index in [0.29, 0.717) is 5.88 Å². The fourth-order valence-electron chi connectivity index (χ4n) is 2.74. The van der Waals surface area contributed by atoms with Crippen LogP contribution in [0.2, 0.25) is 0 Å². The van der Waals surface area contributed by atoms with Gasteiger partial charge in [-0.25, -0.2) is 9.37 Å². The summed E-state index contributed by atoms with van der Waals surface area (Å²) in [6.07, 6.45) is 1.70. The molecule has 0 bridgehead atoms. The van der Waals surface area contributed by atoms with Gasteiger partial charge in [0.05, 0.1) is 13.2 Å². The average molecular weight is 295 g/mol. The molecular weight excluding hydrogens is 281 g/mol. The maximum atomic E-state index is 13.7. The maximum absolute atomic E-state index is 13.7. The molecule has 5 heteroatoms. The largest absolute Gasteiger partial charge is 0.481 e. The summed E-state index contributed by atoms with van der Waals surface area (Å²) in [6.45, 7) is 2.15. The van der Waals surface area contributed by atoms with E-state index >= 15 is 0 Å². The van der Waals surface area contributed by atoms with Gasteiger partial charge < -0.3 is 9.30 Å². The number of ether oxygens (including phenoxy) is 1. The van der Waals surface area contributed by atoms with E-state index in [9.17, 15) is 4.39 Å². The molecule has 0 N–H and O–H groups in total. The standard InChI is InChI=1S/C17H14FN3O/c1-11-17(12-3-6-16(22-2)20-10-12)14-9-13(18)4-5-15(14)21(11)8-7-19/h3-6,9-10H,8H2,1-2H3. The molecule has 0 aliphatic rings. The van der Waals surface area contributed by atoms with Crippen molar-refractivity contribution >= 4 is 10.9 Å². The van der Waals surface area contributed by atoms with Gasteiger partial charge in [-0.05, 0) is 31.2 Å². The van der Waals surface area contributed by atoms with Crippen molar-refractivity contribution in [3.63, 3.8) is 0 Å². The van der Waals surface area contributed by atoms with Crippen molar-refractivity contribution in [1.82, 2.24) is 9.55 Å². The van der Waals surface area contributed by atoms with Gasteiger partial charge in [0.15, 0.2) is 0 Å². The fraction of sp³-hybridized carbons (Fsp3) is 0.176. The molecule has 0 fully saturated rings. The molecule has 1 aromatic carbocycles. The third kappa shape index (κ3) is 2.19. The van der Waals surface area contributed by atoms with Crippen molar-refractivity contribution in [2.45, 2.75) is 13.5 Å². The molecule has 0 unspecified atom stereocenters. The van der Waals surface area contributed by atoms with Crippen LogP contribution < -0.4 is 4.74 Å². The van der Waals surface area contributed by atoms with Crippen LogP contribution >= 0.6 is 0 Å². The Morgan fingerprint density at radius 3 is 2.77 bits per heavy atom. The molecule has 110 valence electrons. The summed E-state index contributed by atoms with van der Waals surface area (Å²) < 4.78 is 20.6. The van der Waals surface area contributed by atoms with Crippen LogP contribution in [0.15, 0.2) is 36.5 Å². The van der Waals surface area contributed by atoms with E-state index in [1.165, 1.54) is 12.1 Å². The molecule has 0 amide bonds. The number of pyridine rings is 1. The predicted molar refractivity (Wildman–Crippen MR) is 82.0 cm³/mol. The first kappa shape index (κ1) is 14.1. The number of hydrogen-bond donors (Lipinski definition) is 0. The lowest BCUT2D eigenvalue weighted by molar-refractivity contribution is 0.398. The molecule has 22 heavy (non-hydrogen) atoms. The summed E-state index contributed by atoms with van der Waals surface area (Å²) in [5.74, 6) is 0.220. The first-order valence-electron chi connectivity index (χ1n) is 6.81.